The zero-order chi connectivity index (χ0) is 12.0. The minimum Gasteiger partial charge on any atom is -0.350 e. The zero-order valence-electron chi connectivity index (χ0n) is 9.50. The summed E-state index contributed by atoms with van der Waals surface area (Å²) in [6.45, 7) is 1.97. The lowest BCUT2D eigenvalue weighted by molar-refractivity contribution is -0.121. The van der Waals surface area contributed by atoms with Gasteiger partial charge in [-0.15, -0.1) is 0 Å². The van der Waals surface area contributed by atoms with E-state index >= 15 is 0 Å². The molecule has 88 valence electrons. The largest absolute Gasteiger partial charge is 0.350 e. The second-order valence-electron chi connectivity index (χ2n) is 3.58. The van der Waals surface area contributed by atoms with Gasteiger partial charge in [0.15, 0.2) is 0 Å². The lowest BCUT2D eigenvalue weighted by Gasteiger charge is -2.14. The minimum absolute atomic E-state index is 0.0339. The molecule has 0 aliphatic carbocycles. The Hall–Kier alpha value is -0.670. The van der Waals surface area contributed by atoms with Crippen LogP contribution in [0.25, 0.3) is 0 Å². The Kier molecular flexibility index (Phi) is 5.71. The normalized spacial score (nSPS) is 12.2. The number of amides is 1. The van der Waals surface area contributed by atoms with E-state index in [4.69, 9.17) is 11.6 Å². The standard InChI is InChI=1S/C12H16ClNOS/c1-9(14-12(15)7-8-16-2)10-3-5-11(13)6-4-10/h3-6,9H,7-8H2,1-2H3,(H,14,15). The maximum atomic E-state index is 11.5. The highest BCUT2D eigenvalue weighted by atomic mass is 35.5. The lowest BCUT2D eigenvalue weighted by Crippen LogP contribution is -2.26. The van der Waals surface area contributed by atoms with Gasteiger partial charge in [-0.25, -0.2) is 0 Å². The van der Waals surface area contributed by atoms with Crippen LogP contribution in [0.5, 0.6) is 0 Å². The highest BCUT2D eigenvalue weighted by Gasteiger charge is 2.08. The molecule has 1 N–H and O–H groups in total. The molecule has 1 unspecified atom stereocenters. The van der Waals surface area contributed by atoms with Crippen molar-refractivity contribution in [2.24, 2.45) is 0 Å². The third kappa shape index (κ3) is 4.45. The van der Waals surface area contributed by atoms with Gasteiger partial charge in [-0.3, -0.25) is 4.79 Å². The second-order valence-corrected chi connectivity index (χ2v) is 5.01. The van der Waals surface area contributed by atoms with Gasteiger partial charge in [-0.05, 0) is 30.9 Å². The minimum atomic E-state index is 0.0339. The molecule has 0 fully saturated rings. The van der Waals surface area contributed by atoms with E-state index in [1.165, 1.54) is 0 Å². The van der Waals surface area contributed by atoms with Gasteiger partial charge in [-0.1, -0.05) is 23.7 Å². The van der Waals surface area contributed by atoms with Crippen LogP contribution in [0.15, 0.2) is 24.3 Å². The van der Waals surface area contributed by atoms with Crippen LogP contribution in [0.3, 0.4) is 0 Å². The van der Waals surface area contributed by atoms with Gasteiger partial charge in [-0.2, -0.15) is 11.8 Å². The van der Waals surface area contributed by atoms with Crippen molar-refractivity contribution in [1.29, 1.82) is 0 Å². The van der Waals surface area contributed by atoms with Crippen molar-refractivity contribution in [3.63, 3.8) is 0 Å². The van der Waals surface area contributed by atoms with E-state index in [9.17, 15) is 4.79 Å². The van der Waals surface area contributed by atoms with Gasteiger partial charge >= 0.3 is 0 Å². The number of halogens is 1. The molecule has 2 nitrogen and oxygen atoms in total. The van der Waals surface area contributed by atoms with Crippen molar-refractivity contribution in [1.82, 2.24) is 5.32 Å². The molecule has 0 saturated carbocycles. The lowest BCUT2D eigenvalue weighted by atomic mass is 10.1. The summed E-state index contributed by atoms with van der Waals surface area (Å²) < 4.78 is 0. The van der Waals surface area contributed by atoms with Gasteiger partial charge in [0.2, 0.25) is 5.91 Å². The Balaban J connectivity index is 2.48. The van der Waals surface area contributed by atoms with E-state index in [2.05, 4.69) is 5.32 Å². The number of carbonyl (C=O) groups excluding carboxylic acids is 1. The van der Waals surface area contributed by atoms with Crippen LogP contribution in [-0.2, 0) is 4.79 Å². The maximum absolute atomic E-state index is 11.5. The van der Waals surface area contributed by atoms with Gasteiger partial charge in [0.05, 0.1) is 6.04 Å². The molecule has 0 aliphatic heterocycles. The van der Waals surface area contributed by atoms with Crippen LogP contribution in [-0.4, -0.2) is 17.9 Å². The summed E-state index contributed by atoms with van der Waals surface area (Å²) in [5.41, 5.74) is 1.07. The molecule has 1 atom stereocenters. The Morgan fingerprint density at radius 1 is 1.44 bits per heavy atom. The fourth-order valence-corrected chi connectivity index (χ4v) is 1.86. The van der Waals surface area contributed by atoms with Crippen molar-refractivity contribution in [3.8, 4) is 0 Å². The first-order valence-corrected chi connectivity index (χ1v) is 6.94. The molecule has 0 radical (unpaired) electrons. The first-order chi connectivity index (χ1) is 7.63. The zero-order valence-corrected chi connectivity index (χ0v) is 11.1. The third-order valence-electron chi connectivity index (χ3n) is 2.28. The Bertz CT molecular complexity index is 339. The first-order valence-electron chi connectivity index (χ1n) is 5.17. The molecule has 1 rings (SSSR count). The van der Waals surface area contributed by atoms with Gasteiger partial charge in [0.1, 0.15) is 0 Å². The van der Waals surface area contributed by atoms with E-state index in [-0.39, 0.29) is 11.9 Å². The summed E-state index contributed by atoms with van der Waals surface area (Å²) in [5.74, 6) is 0.955. The molecule has 16 heavy (non-hydrogen) atoms. The number of hydrogen-bond acceptors (Lipinski definition) is 2. The topological polar surface area (TPSA) is 29.1 Å². The van der Waals surface area contributed by atoms with E-state index in [1.807, 2.05) is 37.4 Å². The highest BCUT2D eigenvalue weighted by Crippen LogP contribution is 2.16. The Labute approximate surface area is 106 Å². The monoisotopic (exact) mass is 257 g/mol. The summed E-state index contributed by atoms with van der Waals surface area (Å²) in [4.78, 5) is 11.5. The van der Waals surface area contributed by atoms with Crippen LogP contribution < -0.4 is 5.32 Å². The highest BCUT2D eigenvalue weighted by molar-refractivity contribution is 7.98. The number of rotatable bonds is 5. The Morgan fingerprint density at radius 3 is 2.62 bits per heavy atom. The van der Waals surface area contributed by atoms with Crippen LogP contribution in [0.1, 0.15) is 24.9 Å². The summed E-state index contributed by atoms with van der Waals surface area (Å²) >= 11 is 7.48. The van der Waals surface area contributed by atoms with Crippen LogP contribution in [0.2, 0.25) is 5.02 Å². The number of carbonyl (C=O) groups is 1. The number of nitrogens with one attached hydrogen (secondary N) is 1. The molecular weight excluding hydrogens is 242 g/mol. The molecule has 0 bridgehead atoms. The predicted molar refractivity (Wildman–Crippen MR) is 71.0 cm³/mol. The van der Waals surface area contributed by atoms with E-state index in [0.29, 0.717) is 11.4 Å². The molecule has 1 amide bonds. The van der Waals surface area contributed by atoms with Crippen molar-refractivity contribution in [3.05, 3.63) is 34.9 Å². The summed E-state index contributed by atoms with van der Waals surface area (Å²) in [5, 5.41) is 3.67. The van der Waals surface area contributed by atoms with Gasteiger partial charge < -0.3 is 5.32 Å². The van der Waals surface area contributed by atoms with Crippen molar-refractivity contribution >= 4 is 29.3 Å². The molecule has 1 aromatic rings. The molecule has 0 heterocycles. The van der Waals surface area contributed by atoms with Gasteiger partial charge in [0.25, 0.3) is 0 Å². The maximum Gasteiger partial charge on any atom is 0.221 e. The Morgan fingerprint density at radius 2 is 2.06 bits per heavy atom. The van der Waals surface area contributed by atoms with Crippen LogP contribution in [0.4, 0.5) is 0 Å². The van der Waals surface area contributed by atoms with Crippen molar-refractivity contribution in [2.45, 2.75) is 19.4 Å². The number of hydrogen-bond donors (Lipinski definition) is 1. The average Bonchev–Trinajstić information content (AvgIpc) is 2.27. The predicted octanol–water partition coefficient (Wildman–Crippen LogP) is 3.27. The van der Waals surface area contributed by atoms with Crippen LogP contribution >= 0.6 is 23.4 Å². The molecule has 0 aliphatic rings. The number of benzene rings is 1. The molecule has 0 aromatic heterocycles. The average molecular weight is 258 g/mol. The summed E-state index contributed by atoms with van der Waals surface area (Å²) in [6.07, 6.45) is 2.56. The smallest absolute Gasteiger partial charge is 0.221 e. The molecule has 4 heteroatoms. The van der Waals surface area contributed by atoms with E-state index in [0.717, 1.165) is 11.3 Å². The fourth-order valence-electron chi connectivity index (χ4n) is 1.34. The van der Waals surface area contributed by atoms with Crippen LogP contribution in [0, 0.1) is 0 Å². The molecular formula is C12H16ClNOS. The van der Waals surface area contributed by atoms with E-state index < -0.39 is 0 Å². The van der Waals surface area contributed by atoms with E-state index in [1.54, 1.807) is 11.8 Å². The van der Waals surface area contributed by atoms with Gasteiger partial charge in [0, 0.05) is 17.2 Å². The first kappa shape index (κ1) is 13.4. The summed E-state index contributed by atoms with van der Waals surface area (Å²) in [7, 11) is 0. The molecule has 0 spiro atoms. The van der Waals surface area contributed by atoms with Crippen molar-refractivity contribution in [2.75, 3.05) is 12.0 Å². The molecule has 0 saturated heterocycles. The quantitative estimate of drug-likeness (QED) is 0.877. The number of thioether (sulfide) groups is 1. The molecule has 1 aromatic carbocycles. The van der Waals surface area contributed by atoms with Crippen molar-refractivity contribution < 1.29 is 4.79 Å². The SMILES string of the molecule is CSCCC(=O)NC(C)c1ccc(Cl)cc1. The second kappa shape index (κ2) is 6.81. The summed E-state index contributed by atoms with van der Waals surface area (Å²) in [6, 6.07) is 7.57. The third-order valence-corrected chi connectivity index (χ3v) is 3.15. The fraction of sp³-hybridized carbons (Fsp3) is 0.417.